The van der Waals surface area contributed by atoms with Crippen molar-refractivity contribution in [2.75, 3.05) is 14.2 Å². The number of ether oxygens (including phenoxy) is 2. The molecule has 3 aromatic rings. The zero-order chi connectivity index (χ0) is 21.0. The second kappa shape index (κ2) is 8.60. The average Bonchev–Trinajstić information content (AvgIpc) is 2.74. The van der Waals surface area contributed by atoms with Crippen molar-refractivity contribution in [1.82, 2.24) is 9.78 Å². The molecule has 0 saturated heterocycles. The van der Waals surface area contributed by atoms with E-state index in [1.54, 1.807) is 50.6 Å². The first kappa shape index (κ1) is 20.1. The molecule has 29 heavy (non-hydrogen) atoms. The van der Waals surface area contributed by atoms with Gasteiger partial charge in [0.25, 0.3) is 11.5 Å². The molecular weight excluding hydrogens is 370 g/mol. The Morgan fingerprint density at radius 1 is 0.966 bits per heavy atom. The van der Waals surface area contributed by atoms with Crippen molar-refractivity contribution < 1.29 is 14.3 Å². The molecule has 2 N–H and O–H groups in total. The van der Waals surface area contributed by atoms with Gasteiger partial charge in [-0.2, -0.15) is 5.10 Å². The molecule has 3 rings (SSSR count). The first-order valence-electron chi connectivity index (χ1n) is 9.23. The van der Waals surface area contributed by atoms with E-state index < -0.39 is 11.5 Å². The Morgan fingerprint density at radius 3 is 1.93 bits per heavy atom. The fourth-order valence-corrected chi connectivity index (χ4v) is 3.15. The Balaban J connectivity index is 2.35. The number of amides is 1. The minimum absolute atomic E-state index is 0.0792. The van der Waals surface area contributed by atoms with E-state index in [4.69, 9.17) is 15.2 Å². The summed E-state index contributed by atoms with van der Waals surface area (Å²) in [7, 11) is 3.16. The zero-order valence-corrected chi connectivity index (χ0v) is 16.6. The normalized spacial score (nSPS) is 10.6. The molecule has 1 heterocycles. The number of carbonyl (C=O) groups is 1. The van der Waals surface area contributed by atoms with Crippen molar-refractivity contribution >= 4 is 5.91 Å². The van der Waals surface area contributed by atoms with Gasteiger partial charge in [0, 0.05) is 17.7 Å². The van der Waals surface area contributed by atoms with Gasteiger partial charge < -0.3 is 15.2 Å². The van der Waals surface area contributed by atoms with Crippen LogP contribution in [0.2, 0.25) is 0 Å². The van der Waals surface area contributed by atoms with E-state index in [0.29, 0.717) is 41.3 Å². The standard InChI is InChI=1S/C22H23N3O4/c1-4-13-25-22(27)19(21(23)26)18(14-5-9-16(28-2)10-6-14)20(24-25)15-7-11-17(29-3)12-8-15/h5-12H,4,13H2,1-3H3,(H2,23,26). The van der Waals surface area contributed by atoms with Gasteiger partial charge in [-0.15, -0.1) is 0 Å². The van der Waals surface area contributed by atoms with Crippen molar-refractivity contribution in [2.45, 2.75) is 19.9 Å². The number of rotatable bonds is 7. The summed E-state index contributed by atoms with van der Waals surface area (Å²) in [5.41, 5.74) is 7.36. The maximum absolute atomic E-state index is 13.0. The predicted octanol–water partition coefficient (Wildman–Crippen LogP) is 3.10. The third-order valence-electron chi connectivity index (χ3n) is 4.58. The van der Waals surface area contributed by atoms with Gasteiger partial charge in [0.2, 0.25) is 0 Å². The number of methoxy groups -OCH3 is 2. The average molecular weight is 393 g/mol. The minimum atomic E-state index is -0.789. The molecule has 0 radical (unpaired) electrons. The highest BCUT2D eigenvalue weighted by molar-refractivity contribution is 6.02. The van der Waals surface area contributed by atoms with Crippen LogP contribution in [0.4, 0.5) is 0 Å². The summed E-state index contributed by atoms with van der Waals surface area (Å²) in [6.07, 6.45) is 0.690. The smallest absolute Gasteiger partial charge is 0.280 e. The second-order valence-corrected chi connectivity index (χ2v) is 6.45. The third kappa shape index (κ3) is 3.99. The Hall–Kier alpha value is -3.61. The molecule has 0 bridgehead atoms. The van der Waals surface area contributed by atoms with Crippen LogP contribution in [-0.2, 0) is 6.54 Å². The topological polar surface area (TPSA) is 96.4 Å². The molecule has 1 aromatic heterocycles. The molecule has 0 aliphatic rings. The van der Waals surface area contributed by atoms with Crippen LogP contribution in [0.1, 0.15) is 23.7 Å². The highest BCUT2D eigenvalue weighted by Gasteiger charge is 2.23. The van der Waals surface area contributed by atoms with E-state index in [-0.39, 0.29) is 5.56 Å². The zero-order valence-electron chi connectivity index (χ0n) is 16.6. The van der Waals surface area contributed by atoms with Gasteiger partial charge in [-0.3, -0.25) is 9.59 Å². The summed E-state index contributed by atoms with van der Waals surface area (Å²) in [5.74, 6) is 0.562. The van der Waals surface area contributed by atoms with Crippen LogP contribution in [-0.4, -0.2) is 29.9 Å². The predicted molar refractivity (Wildman–Crippen MR) is 111 cm³/mol. The molecule has 0 aliphatic heterocycles. The third-order valence-corrected chi connectivity index (χ3v) is 4.58. The van der Waals surface area contributed by atoms with Gasteiger partial charge in [0.1, 0.15) is 17.1 Å². The number of benzene rings is 2. The molecule has 0 saturated carbocycles. The molecule has 0 spiro atoms. The fourth-order valence-electron chi connectivity index (χ4n) is 3.15. The molecule has 1 amide bonds. The molecule has 0 atom stereocenters. The minimum Gasteiger partial charge on any atom is -0.497 e. The summed E-state index contributed by atoms with van der Waals surface area (Å²) in [6, 6.07) is 14.3. The largest absolute Gasteiger partial charge is 0.497 e. The van der Waals surface area contributed by atoms with Crippen molar-refractivity contribution in [3.8, 4) is 33.9 Å². The first-order valence-corrected chi connectivity index (χ1v) is 9.23. The number of nitrogens with two attached hydrogens (primary N) is 1. The number of hydrogen-bond acceptors (Lipinski definition) is 5. The maximum atomic E-state index is 13.0. The van der Waals surface area contributed by atoms with E-state index in [0.717, 1.165) is 5.56 Å². The van der Waals surface area contributed by atoms with Crippen LogP contribution in [0.3, 0.4) is 0 Å². The molecule has 7 nitrogen and oxygen atoms in total. The number of nitrogens with zero attached hydrogens (tertiary/aromatic N) is 2. The first-order chi connectivity index (χ1) is 14.0. The van der Waals surface area contributed by atoms with E-state index in [9.17, 15) is 9.59 Å². The van der Waals surface area contributed by atoms with Crippen LogP contribution in [0.5, 0.6) is 11.5 Å². The van der Waals surface area contributed by atoms with E-state index >= 15 is 0 Å². The van der Waals surface area contributed by atoms with Gasteiger partial charge >= 0.3 is 0 Å². The molecule has 0 aliphatic carbocycles. The van der Waals surface area contributed by atoms with E-state index in [1.165, 1.54) is 4.68 Å². The van der Waals surface area contributed by atoms with Crippen molar-refractivity contribution in [3.05, 3.63) is 64.4 Å². The molecule has 0 unspecified atom stereocenters. The lowest BCUT2D eigenvalue weighted by atomic mass is 9.95. The van der Waals surface area contributed by atoms with E-state index in [2.05, 4.69) is 5.10 Å². The van der Waals surface area contributed by atoms with Gasteiger partial charge in [0.15, 0.2) is 0 Å². The monoisotopic (exact) mass is 393 g/mol. The lowest BCUT2D eigenvalue weighted by Crippen LogP contribution is -2.33. The molecule has 7 heteroatoms. The fraction of sp³-hybridized carbons (Fsp3) is 0.227. The number of primary amides is 1. The van der Waals surface area contributed by atoms with Crippen molar-refractivity contribution in [1.29, 1.82) is 0 Å². The molecular formula is C22H23N3O4. The van der Waals surface area contributed by atoms with Gasteiger partial charge in [-0.05, 0) is 48.4 Å². The van der Waals surface area contributed by atoms with Crippen LogP contribution in [0.15, 0.2) is 53.3 Å². The van der Waals surface area contributed by atoms with Crippen LogP contribution >= 0.6 is 0 Å². The second-order valence-electron chi connectivity index (χ2n) is 6.45. The lowest BCUT2D eigenvalue weighted by molar-refractivity contribution is 0.0998. The number of hydrogen-bond donors (Lipinski definition) is 1. The summed E-state index contributed by atoms with van der Waals surface area (Å²) in [5, 5.41) is 4.57. The van der Waals surface area contributed by atoms with E-state index in [1.807, 2.05) is 19.1 Å². The number of aryl methyl sites for hydroxylation is 1. The lowest BCUT2D eigenvalue weighted by Gasteiger charge is -2.16. The SMILES string of the molecule is CCCn1nc(-c2ccc(OC)cc2)c(-c2ccc(OC)cc2)c(C(N)=O)c1=O. The van der Waals surface area contributed by atoms with Crippen molar-refractivity contribution in [2.24, 2.45) is 5.73 Å². The highest BCUT2D eigenvalue weighted by atomic mass is 16.5. The highest BCUT2D eigenvalue weighted by Crippen LogP contribution is 2.33. The molecule has 2 aromatic carbocycles. The summed E-state index contributed by atoms with van der Waals surface area (Å²) in [4.78, 5) is 25.3. The summed E-state index contributed by atoms with van der Waals surface area (Å²) < 4.78 is 11.7. The van der Waals surface area contributed by atoms with Gasteiger partial charge in [0.05, 0.1) is 19.9 Å². The quantitative estimate of drug-likeness (QED) is 0.665. The Kier molecular flexibility index (Phi) is 5.97. The molecule has 150 valence electrons. The Labute approximate surface area is 168 Å². The Morgan fingerprint density at radius 2 is 1.48 bits per heavy atom. The summed E-state index contributed by atoms with van der Waals surface area (Å²) in [6.45, 7) is 2.31. The summed E-state index contributed by atoms with van der Waals surface area (Å²) >= 11 is 0. The van der Waals surface area contributed by atoms with Gasteiger partial charge in [-0.25, -0.2) is 4.68 Å². The Bertz CT molecular complexity index is 1070. The number of aromatic nitrogens is 2. The van der Waals surface area contributed by atoms with Crippen LogP contribution in [0, 0.1) is 0 Å². The number of carbonyl (C=O) groups excluding carboxylic acids is 1. The maximum Gasteiger partial charge on any atom is 0.280 e. The molecule has 0 fully saturated rings. The van der Waals surface area contributed by atoms with Crippen molar-refractivity contribution in [3.63, 3.8) is 0 Å². The van der Waals surface area contributed by atoms with Crippen LogP contribution in [0.25, 0.3) is 22.4 Å². The van der Waals surface area contributed by atoms with Gasteiger partial charge in [-0.1, -0.05) is 19.1 Å². The van der Waals surface area contributed by atoms with Crippen LogP contribution < -0.4 is 20.8 Å².